The molecule has 2 aromatic rings. The number of ether oxygens (including phenoxy) is 2. The summed E-state index contributed by atoms with van der Waals surface area (Å²) in [5.74, 6) is 0.861. The Morgan fingerprint density at radius 2 is 1.90 bits per heavy atom. The number of benzene rings is 2. The van der Waals surface area contributed by atoms with Crippen molar-refractivity contribution in [3.8, 4) is 5.75 Å². The molecule has 2 aliphatic rings. The number of hydrogen-bond acceptors (Lipinski definition) is 3. The molecule has 0 aromatic heterocycles. The highest BCUT2D eigenvalue weighted by atomic mass is 35.5. The molecule has 2 heterocycles. The van der Waals surface area contributed by atoms with Crippen LogP contribution in [0.25, 0.3) is 0 Å². The quantitative estimate of drug-likeness (QED) is 0.580. The van der Waals surface area contributed by atoms with Crippen LogP contribution in [0.3, 0.4) is 0 Å². The van der Waals surface area contributed by atoms with Gasteiger partial charge >= 0.3 is 5.97 Å². The maximum atomic E-state index is 11.0. The molecule has 0 unspecified atom stereocenters. The Morgan fingerprint density at radius 1 is 1.19 bits per heavy atom. The lowest BCUT2D eigenvalue weighted by atomic mass is 9.69. The van der Waals surface area contributed by atoms with E-state index < -0.39 is 5.97 Å². The summed E-state index contributed by atoms with van der Waals surface area (Å²) in [5.41, 5.74) is 2.94. The summed E-state index contributed by atoms with van der Waals surface area (Å²) in [6.07, 6.45) is 1.59. The van der Waals surface area contributed by atoms with Gasteiger partial charge in [0.05, 0.1) is 12.2 Å². The molecule has 4 atom stereocenters. The molecule has 0 spiro atoms. The molecule has 0 saturated carbocycles. The standard InChI is InChI=1S/C26H31ClO4/c1-15(2)24-19(17-7-9-18(27)10-8-17)14-21-25(30-24)20-13-16(6-12-23(28)29)5-11-22(20)31-26(21,3)4/h5,7-11,13,15,19,21,24-25H,6,12,14H2,1-4H3,(H,28,29)/t19-,21-,24-,25+/m0/s1. The van der Waals surface area contributed by atoms with Crippen LogP contribution in [-0.2, 0) is 16.0 Å². The largest absolute Gasteiger partial charge is 0.487 e. The average Bonchev–Trinajstić information content (AvgIpc) is 2.72. The first-order valence-corrected chi connectivity index (χ1v) is 11.5. The van der Waals surface area contributed by atoms with E-state index in [1.54, 1.807) is 0 Å². The Morgan fingerprint density at radius 3 is 2.55 bits per heavy atom. The van der Waals surface area contributed by atoms with Crippen LogP contribution in [0.1, 0.15) is 69.2 Å². The molecule has 166 valence electrons. The third-order valence-corrected chi connectivity index (χ3v) is 7.06. The molecule has 0 radical (unpaired) electrons. The molecular weight excluding hydrogens is 412 g/mol. The minimum Gasteiger partial charge on any atom is -0.487 e. The van der Waals surface area contributed by atoms with Crippen molar-refractivity contribution in [2.75, 3.05) is 0 Å². The molecule has 5 heteroatoms. The van der Waals surface area contributed by atoms with Gasteiger partial charge in [-0.1, -0.05) is 43.6 Å². The molecule has 2 aromatic carbocycles. The minimum absolute atomic E-state index is 0.0699. The zero-order valence-electron chi connectivity index (χ0n) is 18.6. The third kappa shape index (κ3) is 4.47. The van der Waals surface area contributed by atoms with Crippen LogP contribution in [0, 0.1) is 11.8 Å². The van der Waals surface area contributed by atoms with Gasteiger partial charge in [-0.3, -0.25) is 4.79 Å². The molecule has 0 bridgehead atoms. The maximum absolute atomic E-state index is 11.0. The monoisotopic (exact) mass is 442 g/mol. The molecule has 1 N–H and O–H groups in total. The van der Waals surface area contributed by atoms with Crippen molar-refractivity contribution in [1.29, 1.82) is 0 Å². The molecule has 4 rings (SSSR count). The van der Waals surface area contributed by atoms with E-state index in [0.29, 0.717) is 12.3 Å². The summed E-state index contributed by atoms with van der Waals surface area (Å²) >= 11 is 6.13. The van der Waals surface area contributed by atoms with E-state index >= 15 is 0 Å². The van der Waals surface area contributed by atoms with Crippen molar-refractivity contribution in [3.63, 3.8) is 0 Å². The SMILES string of the molecule is CC(C)[C@@H]1O[C@@H]2c3cc(CCC(=O)O)ccc3OC(C)(C)[C@H]2C[C@H]1c1ccc(Cl)cc1. The maximum Gasteiger partial charge on any atom is 0.303 e. The Labute approximate surface area is 189 Å². The summed E-state index contributed by atoms with van der Waals surface area (Å²) in [6.45, 7) is 8.71. The second-order valence-electron chi connectivity index (χ2n) is 9.74. The van der Waals surface area contributed by atoms with Gasteiger partial charge in [0.25, 0.3) is 0 Å². The summed E-state index contributed by atoms with van der Waals surface area (Å²) in [5, 5.41) is 9.80. The lowest BCUT2D eigenvalue weighted by Gasteiger charge is -2.52. The predicted octanol–water partition coefficient (Wildman–Crippen LogP) is 6.41. The lowest BCUT2D eigenvalue weighted by Crippen LogP contribution is -2.51. The Hall–Kier alpha value is -2.04. The van der Waals surface area contributed by atoms with E-state index in [-0.39, 0.29) is 36.1 Å². The van der Waals surface area contributed by atoms with Crippen LogP contribution in [0.2, 0.25) is 5.02 Å². The smallest absolute Gasteiger partial charge is 0.303 e. The highest BCUT2D eigenvalue weighted by Crippen LogP contribution is 2.54. The van der Waals surface area contributed by atoms with Crippen molar-refractivity contribution >= 4 is 17.6 Å². The first-order chi connectivity index (χ1) is 14.7. The number of rotatable bonds is 5. The fourth-order valence-electron chi connectivity index (χ4n) is 5.17. The first-order valence-electron chi connectivity index (χ1n) is 11.1. The summed E-state index contributed by atoms with van der Waals surface area (Å²) < 4.78 is 13.3. The second kappa shape index (κ2) is 8.48. The molecular formula is C26H31ClO4. The molecule has 31 heavy (non-hydrogen) atoms. The van der Waals surface area contributed by atoms with Gasteiger partial charge in [0, 0.05) is 28.8 Å². The fourth-order valence-corrected chi connectivity index (χ4v) is 5.29. The highest BCUT2D eigenvalue weighted by molar-refractivity contribution is 6.30. The minimum atomic E-state index is -0.785. The molecule has 0 aliphatic carbocycles. The number of carboxylic acids is 1. The summed E-state index contributed by atoms with van der Waals surface area (Å²) in [7, 11) is 0. The van der Waals surface area contributed by atoms with E-state index in [0.717, 1.165) is 28.3 Å². The highest BCUT2D eigenvalue weighted by Gasteiger charge is 2.51. The average molecular weight is 443 g/mol. The number of aryl methyl sites for hydroxylation is 1. The second-order valence-corrected chi connectivity index (χ2v) is 10.2. The van der Waals surface area contributed by atoms with Gasteiger partial charge in [0.1, 0.15) is 11.4 Å². The molecule has 0 amide bonds. The van der Waals surface area contributed by atoms with Crippen molar-refractivity contribution in [2.24, 2.45) is 11.8 Å². The van der Waals surface area contributed by atoms with Gasteiger partial charge in [-0.05, 0) is 68.0 Å². The van der Waals surface area contributed by atoms with E-state index in [1.165, 1.54) is 5.56 Å². The molecule has 1 fully saturated rings. The van der Waals surface area contributed by atoms with Gasteiger partial charge in [0.15, 0.2) is 0 Å². The van der Waals surface area contributed by atoms with Crippen molar-refractivity contribution in [1.82, 2.24) is 0 Å². The zero-order valence-corrected chi connectivity index (χ0v) is 19.4. The van der Waals surface area contributed by atoms with Crippen LogP contribution in [-0.4, -0.2) is 22.8 Å². The predicted molar refractivity (Wildman–Crippen MR) is 122 cm³/mol. The van der Waals surface area contributed by atoms with Crippen molar-refractivity contribution in [3.05, 3.63) is 64.2 Å². The van der Waals surface area contributed by atoms with Gasteiger partial charge < -0.3 is 14.6 Å². The summed E-state index contributed by atoms with van der Waals surface area (Å²) in [6, 6.07) is 14.2. The van der Waals surface area contributed by atoms with E-state index in [9.17, 15) is 4.79 Å². The van der Waals surface area contributed by atoms with E-state index in [1.807, 2.05) is 24.3 Å². The van der Waals surface area contributed by atoms with Crippen molar-refractivity contribution in [2.45, 2.75) is 70.7 Å². The van der Waals surface area contributed by atoms with Gasteiger partial charge in [-0.2, -0.15) is 0 Å². The van der Waals surface area contributed by atoms with E-state index in [2.05, 4.69) is 45.9 Å². The van der Waals surface area contributed by atoms with Crippen LogP contribution < -0.4 is 4.74 Å². The van der Waals surface area contributed by atoms with Crippen LogP contribution >= 0.6 is 11.6 Å². The number of halogens is 1. The van der Waals surface area contributed by atoms with Crippen LogP contribution in [0.4, 0.5) is 0 Å². The van der Waals surface area contributed by atoms with Gasteiger partial charge in [-0.25, -0.2) is 0 Å². The number of carbonyl (C=O) groups is 1. The molecule has 2 aliphatic heterocycles. The number of fused-ring (bicyclic) bond motifs is 3. The topological polar surface area (TPSA) is 55.8 Å². The fraction of sp³-hybridized carbons (Fsp3) is 0.500. The Balaban J connectivity index is 1.70. The third-order valence-electron chi connectivity index (χ3n) is 6.80. The Kier molecular flexibility index (Phi) is 6.06. The molecule has 1 saturated heterocycles. The van der Waals surface area contributed by atoms with Crippen LogP contribution in [0.5, 0.6) is 5.75 Å². The first kappa shape index (κ1) is 22.2. The van der Waals surface area contributed by atoms with Gasteiger partial charge in [-0.15, -0.1) is 0 Å². The van der Waals surface area contributed by atoms with E-state index in [4.69, 9.17) is 26.2 Å². The lowest BCUT2D eigenvalue weighted by molar-refractivity contribution is -0.169. The molecule has 4 nitrogen and oxygen atoms in total. The van der Waals surface area contributed by atoms with Crippen LogP contribution in [0.15, 0.2) is 42.5 Å². The number of hydrogen-bond donors (Lipinski definition) is 1. The Bertz CT molecular complexity index is 950. The number of carboxylic acid groups (broad SMARTS) is 1. The number of aliphatic carboxylic acids is 1. The summed E-state index contributed by atoms with van der Waals surface area (Å²) in [4.78, 5) is 11.0. The van der Waals surface area contributed by atoms with Crippen molar-refractivity contribution < 1.29 is 19.4 Å². The zero-order chi connectivity index (χ0) is 22.3. The normalized spacial score (nSPS) is 26.6. The van der Waals surface area contributed by atoms with Gasteiger partial charge in [0.2, 0.25) is 0 Å².